The zero-order valence-corrected chi connectivity index (χ0v) is 20.1. The molecule has 2 heterocycles. The van der Waals surface area contributed by atoms with Crippen molar-refractivity contribution in [3.63, 3.8) is 0 Å². The van der Waals surface area contributed by atoms with Gasteiger partial charge < -0.3 is 19.7 Å². The Morgan fingerprint density at radius 1 is 1.21 bits per heavy atom. The van der Waals surface area contributed by atoms with Crippen LogP contribution in [0.1, 0.15) is 12.8 Å². The van der Waals surface area contributed by atoms with E-state index in [9.17, 15) is 9.18 Å². The number of methoxy groups -OCH3 is 1. The highest BCUT2D eigenvalue weighted by atomic mass is 35.5. The first-order valence-corrected chi connectivity index (χ1v) is 11.4. The summed E-state index contributed by atoms with van der Waals surface area (Å²) < 4.78 is 25.4. The number of rotatable bonds is 7. The Kier molecular flexibility index (Phi) is 7.33. The predicted octanol–water partition coefficient (Wildman–Crippen LogP) is 4.11. The topological polar surface area (TPSA) is 79.8 Å². The molecule has 1 fully saturated rings. The fourth-order valence-electron chi connectivity index (χ4n) is 3.82. The molecule has 0 bridgehead atoms. The number of carbonyl (C=O) groups is 1. The molecule has 8 nitrogen and oxygen atoms in total. The van der Waals surface area contributed by atoms with Crippen LogP contribution in [0.4, 0.5) is 15.9 Å². The summed E-state index contributed by atoms with van der Waals surface area (Å²) >= 11 is 5.92. The Morgan fingerprint density at radius 3 is 2.65 bits per heavy atom. The number of halogens is 2. The van der Waals surface area contributed by atoms with Crippen LogP contribution in [0.3, 0.4) is 0 Å². The van der Waals surface area contributed by atoms with Crippen LogP contribution < -0.4 is 14.8 Å². The molecule has 3 aromatic rings. The van der Waals surface area contributed by atoms with Crippen LogP contribution in [0.25, 0.3) is 10.9 Å². The molecule has 1 aromatic heterocycles. The largest absolute Gasteiger partial charge is 0.493 e. The summed E-state index contributed by atoms with van der Waals surface area (Å²) in [5, 5.41) is 3.93. The van der Waals surface area contributed by atoms with Crippen molar-refractivity contribution in [1.82, 2.24) is 19.8 Å². The molecule has 1 aliphatic heterocycles. The quantitative estimate of drug-likeness (QED) is 0.537. The number of hydrogen-bond donors (Lipinski definition) is 1. The van der Waals surface area contributed by atoms with Gasteiger partial charge in [0, 0.05) is 44.3 Å². The van der Waals surface area contributed by atoms with Crippen LogP contribution in [-0.4, -0.2) is 72.6 Å². The molecule has 0 atom stereocenters. The molecule has 2 aromatic carbocycles. The predicted molar refractivity (Wildman–Crippen MR) is 130 cm³/mol. The van der Waals surface area contributed by atoms with E-state index >= 15 is 0 Å². The maximum absolute atomic E-state index is 13.5. The van der Waals surface area contributed by atoms with Crippen molar-refractivity contribution in [2.75, 3.05) is 46.2 Å². The normalized spacial score (nSPS) is 14.7. The Bertz CT molecular complexity index is 1180. The molecule has 4 rings (SSSR count). The lowest BCUT2D eigenvalue weighted by molar-refractivity contribution is -0.130. The van der Waals surface area contributed by atoms with Crippen molar-refractivity contribution >= 4 is 39.9 Å². The van der Waals surface area contributed by atoms with Gasteiger partial charge in [-0.2, -0.15) is 0 Å². The van der Waals surface area contributed by atoms with Crippen molar-refractivity contribution in [2.24, 2.45) is 0 Å². The number of nitrogens with one attached hydrogen (secondary N) is 1. The maximum atomic E-state index is 13.5. The fraction of sp³-hybridized carbons (Fsp3) is 0.375. The van der Waals surface area contributed by atoms with Crippen molar-refractivity contribution < 1.29 is 18.7 Å². The number of benzene rings is 2. The van der Waals surface area contributed by atoms with Gasteiger partial charge in [-0.05, 0) is 37.1 Å². The van der Waals surface area contributed by atoms with E-state index in [0.717, 1.165) is 31.3 Å². The molecule has 1 amide bonds. The lowest BCUT2D eigenvalue weighted by Crippen LogP contribution is -2.43. The number of aromatic nitrogens is 2. The Labute approximate surface area is 202 Å². The number of carbonyl (C=O) groups excluding carboxylic acids is 1. The van der Waals surface area contributed by atoms with Gasteiger partial charge in [0.25, 0.3) is 0 Å². The number of anilines is 2. The highest BCUT2D eigenvalue weighted by Gasteiger charge is 2.24. The van der Waals surface area contributed by atoms with E-state index in [1.54, 1.807) is 38.2 Å². The lowest BCUT2D eigenvalue weighted by Gasteiger charge is -2.32. The number of piperidine rings is 1. The summed E-state index contributed by atoms with van der Waals surface area (Å²) in [5.41, 5.74) is 1.27. The SMILES string of the molecule is COc1cc2ncnc(Nc3ccc(F)c(Cl)c3)c2cc1OC1CCN(CC(=O)N(C)C)CC1. The molecule has 1 aliphatic rings. The molecular weight excluding hydrogens is 461 g/mol. The van der Waals surface area contributed by atoms with Gasteiger partial charge >= 0.3 is 0 Å². The monoisotopic (exact) mass is 487 g/mol. The number of likely N-dealkylation sites (N-methyl/N-ethyl adjacent to an activating group) is 1. The molecule has 1 N–H and O–H groups in total. The molecule has 0 aliphatic carbocycles. The molecule has 0 spiro atoms. The van der Waals surface area contributed by atoms with E-state index in [0.29, 0.717) is 35.1 Å². The average Bonchev–Trinajstić information content (AvgIpc) is 2.82. The van der Waals surface area contributed by atoms with Gasteiger partial charge in [-0.25, -0.2) is 14.4 Å². The molecule has 34 heavy (non-hydrogen) atoms. The van der Waals surface area contributed by atoms with E-state index in [1.165, 1.54) is 18.5 Å². The number of hydrogen-bond acceptors (Lipinski definition) is 7. The van der Waals surface area contributed by atoms with Crippen LogP contribution in [0, 0.1) is 5.82 Å². The summed E-state index contributed by atoms with van der Waals surface area (Å²) in [6.07, 6.45) is 3.04. The third kappa shape index (κ3) is 5.48. The van der Waals surface area contributed by atoms with Crippen LogP contribution >= 0.6 is 11.6 Å². The third-order valence-electron chi connectivity index (χ3n) is 5.79. The average molecular weight is 488 g/mol. The van der Waals surface area contributed by atoms with Crippen LogP contribution in [0.15, 0.2) is 36.7 Å². The van der Waals surface area contributed by atoms with Gasteiger partial charge in [-0.1, -0.05) is 11.6 Å². The van der Waals surface area contributed by atoms with Gasteiger partial charge in [-0.3, -0.25) is 9.69 Å². The second-order valence-electron chi connectivity index (χ2n) is 8.38. The molecule has 0 saturated carbocycles. The van der Waals surface area contributed by atoms with E-state index in [-0.39, 0.29) is 17.0 Å². The zero-order valence-electron chi connectivity index (χ0n) is 19.3. The molecule has 10 heteroatoms. The van der Waals surface area contributed by atoms with Crippen molar-refractivity contribution in [3.8, 4) is 11.5 Å². The summed E-state index contributed by atoms with van der Waals surface area (Å²) in [7, 11) is 5.12. The summed E-state index contributed by atoms with van der Waals surface area (Å²) in [5.74, 6) is 1.31. The molecule has 1 saturated heterocycles. The molecule has 0 unspecified atom stereocenters. The van der Waals surface area contributed by atoms with Gasteiger partial charge in [0.05, 0.1) is 24.2 Å². The number of ether oxygens (including phenoxy) is 2. The smallest absolute Gasteiger partial charge is 0.236 e. The van der Waals surface area contributed by atoms with Gasteiger partial charge in [0.2, 0.25) is 5.91 Å². The summed E-state index contributed by atoms with van der Waals surface area (Å²) in [6.45, 7) is 1.97. The number of nitrogens with zero attached hydrogens (tertiary/aromatic N) is 4. The van der Waals surface area contributed by atoms with E-state index in [4.69, 9.17) is 21.1 Å². The second kappa shape index (κ2) is 10.4. The van der Waals surface area contributed by atoms with E-state index in [2.05, 4.69) is 20.2 Å². The second-order valence-corrected chi connectivity index (χ2v) is 8.79. The number of amides is 1. The summed E-state index contributed by atoms with van der Waals surface area (Å²) in [4.78, 5) is 24.4. The van der Waals surface area contributed by atoms with Crippen LogP contribution in [0.2, 0.25) is 5.02 Å². The van der Waals surface area contributed by atoms with Crippen LogP contribution in [0.5, 0.6) is 11.5 Å². The Morgan fingerprint density at radius 2 is 1.97 bits per heavy atom. The van der Waals surface area contributed by atoms with Crippen molar-refractivity contribution in [3.05, 3.63) is 47.5 Å². The zero-order chi connectivity index (χ0) is 24.2. The number of fused-ring (bicyclic) bond motifs is 1. The Hall–Kier alpha value is -3.17. The first kappa shape index (κ1) is 24.0. The first-order chi connectivity index (χ1) is 16.3. The molecule has 0 radical (unpaired) electrons. The van der Waals surface area contributed by atoms with E-state index in [1.807, 2.05) is 6.07 Å². The minimum absolute atomic E-state index is 0.00555. The highest BCUT2D eigenvalue weighted by molar-refractivity contribution is 6.31. The fourth-order valence-corrected chi connectivity index (χ4v) is 4.00. The van der Waals surface area contributed by atoms with E-state index < -0.39 is 5.82 Å². The standard InChI is InChI=1S/C24H27ClFN5O3/c1-30(2)23(32)13-31-8-6-16(7-9-31)34-22-11-17-20(12-21(22)33-3)27-14-28-24(17)29-15-4-5-19(26)18(25)10-15/h4-5,10-12,14,16H,6-9,13H2,1-3H3,(H,27,28,29). The highest BCUT2D eigenvalue weighted by Crippen LogP contribution is 2.36. The minimum Gasteiger partial charge on any atom is -0.493 e. The first-order valence-electron chi connectivity index (χ1n) is 11.0. The lowest BCUT2D eigenvalue weighted by atomic mass is 10.1. The van der Waals surface area contributed by atoms with Gasteiger partial charge in [-0.15, -0.1) is 0 Å². The molecular formula is C24H27ClFN5O3. The number of likely N-dealkylation sites (tertiary alicyclic amines) is 1. The van der Waals surface area contributed by atoms with Gasteiger partial charge in [0.1, 0.15) is 24.1 Å². The Balaban J connectivity index is 1.53. The van der Waals surface area contributed by atoms with Crippen molar-refractivity contribution in [2.45, 2.75) is 18.9 Å². The third-order valence-corrected chi connectivity index (χ3v) is 6.08. The van der Waals surface area contributed by atoms with Gasteiger partial charge in [0.15, 0.2) is 11.5 Å². The van der Waals surface area contributed by atoms with Crippen molar-refractivity contribution in [1.29, 1.82) is 0 Å². The maximum Gasteiger partial charge on any atom is 0.236 e. The minimum atomic E-state index is -0.489. The van der Waals surface area contributed by atoms with Crippen LogP contribution in [-0.2, 0) is 4.79 Å². The summed E-state index contributed by atoms with van der Waals surface area (Å²) in [6, 6.07) is 8.04. The molecule has 180 valence electrons.